The molecule has 0 aromatic carbocycles. The van der Waals surface area contributed by atoms with Gasteiger partial charge in [-0.1, -0.05) is 37.9 Å². The summed E-state index contributed by atoms with van der Waals surface area (Å²) in [6.45, 7) is 6.22. The highest BCUT2D eigenvalue weighted by atomic mass is 32.2. The predicted octanol–water partition coefficient (Wildman–Crippen LogP) is 1.48. The smallest absolute Gasteiger partial charge is 0.328 e. The molecule has 1 fully saturated rings. The zero-order chi connectivity index (χ0) is 19.7. The topological polar surface area (TPSA) is 111 Å². The standard InChI is InChI=1S/C15H26N2O6S2Si/c1-25(20,21)23-13-10(6-8-26(2,3)4)14(22-11(13)9-18)17-7-5-12(24)16-15(17)19/h5,7,10-11,13-14,18H,6,8-9H2,1-4H3,(H,16,19,24)/t10?,11-,13?,14-/m0/s1. The maximum Gasteiger partial charge on any atom is 0.328 e. The van der Waals surface area contributed by atoms with Crippen molar-refractivity contribution in [2.75, 3.05) is 12.9 Å². The monoisotopic (exact) mass is 422 g/mol. The number of hydrogen-bond donors (Lipinski definition) is 2. The molecule has 0 saturated carbocycles. The molecule has 2 unspecified atom stereocenters. The highest BCUT2D eigenvalue weighted by molar-refractivity contribution is 7.86. The Balaban J connectivity index is 2.43. The molecule has 2 rings (SSSR count). The lowest BCUT2D eigenvalue weighted by Gasteiger charge is -2.26. The highest BCUT2D eigenvalue weighted by Gasteiger charge is 2.48. The second kappa shape index (κ2) is 8.03. The third kappa shape index (κ3) is 5.57. The van der Waals surface area contributed by atoms with E-state index in [1.807, 2.05) is 0 Å². The molecule has 2 heterocycles. The number of aliphatic hydroxyl groups is 1. The minimum Gasteiger partial charge on any atom is -0.394 e. The zero-order valence-corrected chi connectivity index (χ0v) is 18.0. The second-order valence-electron chi connectivity index (χ2n) is 7.79. The van der Waals surface area contributed by atoms with Crippen LogP contribution in [0.25, 0.3) is 0 Å². The van der Waals surface area contributed by atoms with Crippen LogP contribution in [-0.4, -0.2) is 56.2 Å². The summed E-state index contributed by atoms with van der Waals surface area (Å²) in [6.07, 6.45) is 0.678. The van der Waals surface area contributed by atoms with Crippen molar-refractivity contribution in [1.29, 1.82) is 0 Å². The third-order valence-corrected chi connectivity index (χ3v) is 6.89. The molecular weight excluding hydrogens is 396 g/mol. The summed E-state index contributed by atoms with van der Waals surface area (Å²) < 4.78 is 36.2. The molecule has 26 heavy (non-hydrogen) atoms. The molecule has 0 aliphatic carbocycles. The van der Waals surface area contributed by atoms with E-state index in [0.717, 1.165) is 12.3 Å². The molecule has 11 heteroatoms. The van der Waals surface area contributed by atoms with Gasteiger partial charge in [0.05, 0.1) is 12.9 Å². The van der Waals surface area contributed by atoms with Crippen molar-refractivity contribution >= 4 is 30.4 Å². The summed E-state index contributed by atoms with van der Waals surface area (Å²) in [6, 6.07) is 2.46. The first-order valence-corrected chi connectivity index (χ1v) is 14.3. The number of nitrogens with zero attached hydrogens (tertiary/aromatic N) is 1. The van der Waals surface area contributed by atoms with Crippen molar-refractivity contribution in [3.63, 3.8) is 0 Å². The number of hydrogen-bond acceptors (Lipinski definition) is 7. The van der Waals surface area contributed by atoms with Crippen molar-refractivity contribution < 1.29 is 22.4 Å². The summed E-state index contributed by atoms with van der Waals surface area (Å²) in [5.41, 5.74) is -0.447. The Kier molecular flexibility index (Phi) is 6.62. The lowest BCUT2D eigenvalue weighted by atomic mass is 9.97. The molecule has 1 aliphatic rings. The molecule has 0 radical (unpaired) electrons. The Morgan fingerprint density at radius 1 is 1.42 bits per heavy atom. The maximum absolute atomic E-state index is 12.3. The third-order valence-electron chi connectivity index (χ3n) is 4.29. The SMILES string of the molecule is C[Si](C)(C)CCC1C(OS(C)(=O)=O)[C@H](CO)O[C@@H]1n1ccc(=S)[nH]c1=O. The van der Waals surface area contributed by atoms with Gasteiger partial charge in [-0.05, 0) is 12.5 Å². The average Bonchev–Trinajstić information content (AvgIpc) is 2.80. The summed E-state index contributed by atoms with van der Waals surface area (Å²) >= 11 is 4.96. The summed E-state index contributed by atoms with van der Waals surface area (Å²) in [5, 5.41) is 9.65. The molecule has 2 N–H and O–H groups in total. The van der Waals surface area contributed by atoms with E-state index in [0.29, 0.717) is 11.1 Å². The van der Waals surface area contributed by atoms with Crippen molar-refractivity contribution in [1.82, 2.24) is 9.55 Å². The first kappa shape index (κ1) is 21.4. The first-order chi connectivity index (χ1) is 11.9. The molecule has 1 aliphatic heterocycles. The maximum atomic E-state index is 12.3. The van der Waals surface area contributed by atoms with Gasteiger partial charge in [0, 0.05) is 20.2 Å². The van der Waals surface area contributed by atoms with Gasteiger partial charge in [0.25, 0.3) is 10.1 Å². The number of aromatic nitrogens is 2. The van der Waals surface area contributed by atoms with Crippen LogP contribution in [0.4, 0.5) is 0 Å². The van der Waals surface area contributed by atoms with E-state index in [-0.39, 0.29) is 0 Å². The minimum absolute atomic E-state index is 0.297. The van der Waals surface area contributed by atoms with Crippen LogP contribution in [0.3, 0.4) is 0 Å². The number of rotatable bonds is 7. The zero-order valence-electron chi connectivity index (χ0n) is 15.3. The lowest BCUT2D eigenvalue weighted by Crippen LogP contribution is -2.36. The molecule has 148 valence electrons. The van der Waals surface area contributed by atoms with Gasteiger partial charge >= 0.3 is 5.69 Å². The van der Waals surface area contributed by atoms with E-state index in [4.69, 9.17) is 21.1 Å². The Hall–Kier alpha value is -0.853. The van der Waals surface area contributed by atoms with Crippen LogP contribution in [0, 0.1) is 10.6 Å². The normalized spacial score (nSPS) is 27.0. The molecular formula is C15H26N2O6S2Si. The molecule has 0 spiro atoms. The van der Waals surface area contributed by atoms with Crippen LogP contribution in [0.2, 0.25) is 25.7 Å². The van der Waals surface area contributed by atoms with Gasteiger partial charge in [-0.15, -0.1) is 0 Å². The quantitative estimate of drug-likeness (QED) is 0.389. The van der Waals surface area contributed by atoms with Gasteiger partial charge in [-0.25, -0.2) is 4.79 Å². The van der Waals surface area contributed by atoms with Gasteiger partial charge < -0.3 is 9.84 Å². The fourth-order valence-electron chi connectivity index (χ4n) is 3.08. The number of H-pyrrole nitrogens is 1. The summed E-state index contributed by atoms with van der Waals surface area (Å²) in [5.74, 6) is -0.393. The highest BCUT2D eigenvalue weighted by Crippen LogP contribution is 2.40. The largest absolute Gasteiger partial charge is 0.394 e. The van der Waals surface area contributed by atoms with E-state index in [9.17, 15) is 18.3 Å². The van der Waals surface area contributed by atoms with Crippen LogP contribution in [0.15, 0.2) is 17.1 Å². The average molecular weight is 423 g/mol. The van der Waals surface area contributed by atoms with Crippen molar-refractivity contribution in [2.24, 2.45) is 5.92 Å². The number of aromatic amines is 1. The van der Waals surface area contributed by atoms with Crippen LogP contribution < -0.4 is 5.69 Å². The van der Waals surface area contributed by atoms with Gasteiger partial charge in [-0.3, -0.25) is 13.7 Å². The second-order valence-corrected chi connectivity index (χ2v) is 15.5. The number of ether oxygens (including phenoxy) is 1. The van der Waals surface area contributed by atoms with E-state index in [2.05, 4.69) is 24.6 Å². The number of aliphatic hydroxyl groups excluding tert-OH is 1. The van der Waals surface area contributed by atoms with Gasteiger partial charge in [-0.2, -0.15) is 8.42 Å². The van der Waals surface area contributed by atoms with E-state index >= 15 is 0 Å². The van der Waals surface area contributed by atoms with Gasteiger partial charge in [0.1, 0.15) is 23.1 Å². The fraction of sp³-hybridized carbons (Fsp3) is 0.733. The van der Waals surface area contributed by atoms with Crippen molar-refractivity contribution in [3.05, 3.63) is 27.4 Å². The Morgan fingerprint density at radius 3 is 2.58 bits per heavy atom. The van der Waals surface area contributed by atoms with E-state index in [1.54, 1.807) is 6.07 Å². The van der Waals surface area contributed by atoms with Gasteiger partial charge in [0.15, 0.2) is 0 Å². The van der Waals surface area contributed by atoms with Crippen LogP contribution in [0.5, 0.6) is 0 Å². The van der Waals surface area contributed by atoms with Crippen LogP contribution >= 0.6 is 12.2 Å². The number of nitrogens with one attached hydrogen (secondary N) is 1. The lowest BCUT2D eigenvalue weighted by molar-refractivity contribution is -0.0450. The summed E-state index contributed by atoms with van der Waals surface area (Å²) in [4.78, 5) is 14.8. The molecule has 1 aromatic heterocycles. The Bertz CT molecular complexity index is 845. The van der Waals surface area contributed by atoms with E-state index < -0.39 is 54.8 Å². The Morgan fingerprint density at radius 2 is 2.08 bits per heavy atom. The molecule has 8 nitrogen and oxygen atoms in total. The minimum atomic E-state index is -3.75. The first-order valence-electron chi connectivity index (χ1n) is 8.37. The fourth-order valence-corrected chi connectivity index (χ4v) is 5.10. The van der Waals surface area contributed by atoms with Crippen LogP contribution in [0.1, 0.15) is 12.6 Å². The predicted molar refractivity (Wildman–Crippen MR) is 103 cm³/mol. The molecule has 1 saturated heterocycles. The Labute approximate surface area is 159 Å². The summed E-state index contributed by atoms with van der Waals surface area (Å²) in [7, 11) is -5.18. The molecule has 1 aromatic rings. The van der Waals surface area contributed by atoms with Crippen LogP contribution in [-0.2, 0) is 19.0 Å². The molecule has 0 bridgehead atoms. The molecule has 0 amide bonds. The van der Waals surface area contributed by atoms with Gasteiger partial charge in [0.2, 0.25) is 0 Å². The van der Waals surface area contributed by atoms with E-state index in [1.165, 1.54) is 10.8 Å². The molecule has 4 atom stereocenters. The van der Waals surface area contributed by atoms with Crippen molar-refractivity contribution in [3.8, 4) is 0 Å². The van der Waals surface area contributed by atoms with Crippen molar-refractivity contribution in [2.45, 2.75) is 50.5 Å².